The molecule has 0 saturated carbocycles. The molecule has 0 amide bonds. The van der Waals surface area contributed by atoms with E-state index in [2.05, 4.69) is 27.0 Å². The van der Waals surface area contributed by atoms with Gasteiger partial charge in [-0.25, -0.2) is 4.98 Å². The average molecular weight is 239 g/mol. The minimum atomic E-state index is 0.968. The number of hydrogen-bond acceptors (Lipinski definition) is 2. The lowest BCUT2D eigenvalue weighted by Crippen LogP contribution is -1.74. The molecule has 0 unspecified atom stereocenters. The van der Waals surface area contributed by atoms with E-state index in [0.29, 0.717) is 0 Å². The van der Waals surface area contributed by atoms with Crippen molar-refractivity contribution in [3.05, 3.63) is 40.3 Å². The van der Waals surface area contributed by atoms with Crippen molar-refractivity contribution in [2.75, 3.05) is 0 Å². The van der Waals surface area contributed by atoms with Crippen molar-refractivity contribution in [2.45, 2.75) is 0 Å². The molecule has 2 aromatic rings. The van der Waals surface area contributed by atoms with E-state index < -0.39 is 0 Å². The van der Waals surface area contributed by atoms with Crippen LogP contribution in [-0.4, -0.2) is 4.98 Å². The highest BCUT2D eigenvalue weighted by Crippen LogP contribution is 2.23. The summed E-state index contributed by atoms with van der Waals surface area (Å²) in [6, 6.07) is 8.93. The Morgan fingerprint density at radius 1 is 1.50 bits per heavy atom. The van der Waals surface area contributed by atoms with Gasteiger partial charge in [0.15, 0.2) is 0 Å². The van der Waals surface area contributed by atoms with Crippen LogP contribution >= 0.6 is 27.3 Å². The van der Waals surface area contributed by atoms with Crippen molar-refractivity contribution in [1.29, 1.82) is 0 Å². The van der Waals surface area contributed by atoms with Crippen LogP contribution < -0.4 is 0 Å². The van der Waals surface area contributed by atoms with Gasteiger partial charge in [-0.05, 0) is 12.1 Å². The lowest BCUT2D eigenvalue weighted by molar-refractivity contribution is 1.41. The third-order valence-electron chi connectivity index (χ3n) is 1.45. The Hall–Kier alpha value is -0.670. The summed E-state index contributed by atoms with van der Waals surface area (Å²) in [7, 11) is 0. The summed E-state index contributed by atoms with van der Waals surface area (Å²) in [5, 5.41) is 3.02. The number of hydrogen-bond donors (Lipinski definition) is 0. The summed E-state index contributed by atoms with van der Waals surface area (Å²) in [6.07, 6.45) is 1.81. The normalized spacial score (nSPS) is 10.1. The first-order chi connectivity index (χ1) is 5.86. The van der Waals surface area contributed by atoms with Crippen LogP contribution in [0.5, 0.6) is 0 Å². The van der Waals surface area contributed by atoms with Gasteiger partial charge in [0.25, 0.3) is 0 Å². The molecule has 1 heterocycles. The first-order valence-electron chi connectivity index (χ1n) is 3.43. The number of nitrogens with zero attached hydrogens (tertiary/aromatic N) is 1. The highest BCUT2D eigenvalue weighted by atomic mass is 79.9. The second kappa shape index (κ2) is 3.37. The molecule has 3 heteroatoms. The van der Waals surface area contributed by atoms with Gasteiger partial charge in [-0.3, -0.25) is 0 Å². The molecule has 0 saturated heterocycles. The number of aromatic nitrogens is 1. The van der Waals surface area contributed by atoms with Gasteiger partial charge in [0, 0.05) is 21.6 Å². The van der Waals surface area contributed by atoms with Crippen LogP contribution in [-0.2, 0) is 0 Å². The van der Waals surface area contributed by atoms with E-state index in [9.17, 15) is 0 Å². The molecule has 0 spiro atoms. The molecular formula is C9H5BrNS. The van der Waals surface area contributed by atoms with Gasteiger partial charge in [0.2, 0.25) is 0 Å². The monoisotopic (exact) mass is 238 g/mol. The Kier molecular flexibility index (Phi) is 2.23. The number of rotatable bonds is 1. The van der Waals surface area contributed by atoms with E-state index in [1.165, 1.54) is 0 Å². The minimum Gasteiger partial charge on any atom is -0.245 e. The molecule has 0 aliphatic heterocycles. The van der Waals surface area contributed by atoms with Gasteiger partial charge in [0.1, 0.15) is 5.01 Å². The Bertz CT molecular complexity index is 370. The van der Waals surface area contributed by atoms with E-state index >= 15 is 0 Å². The third kappa shape index (κ3) is 1.57. The zero-order chi connectivity index (χ0) is 8.39. The van der Waals surface area contributed by atoms with Crippen molar-refractivity contribution in [3.8, 4) is 10.6 Å². The van der Waals surface area contributed by atoms with Gasteiger partial charge < -0.3 is 0 Å². The number of benzene rings is 1. The van der Waals surface area contributed by atoms with Crippen molar-refractivity contribution in [2.24, 2.45) is 0 Å². The fourth-order valence-electron chi connectivity index (χ4n) is 0.936. The van der Waals surface area contributed by atoms with Crippen molar-refractivity contribution in [3.63, 3.8) is 0 Å². The van der Waals surface area contributed by atoms with E-state index in [4.69, 9.17) is 0 Å². The minimum absolute atomic E-state index is 0.968. The van der Waals surface area contributed by atoms with E-state index in [-0.39, 0.29) is 0 Å². The zero-order valence-electron chi connectivity index (χ0n) is 6.12. The third-order valence-corrected chi connectivity index (χ3v) is 2.73. The van der Waals surface area contributed by atoms with Crippen LogP contribution in [0.25, 0.3) is 10.6 Å². The Balaban J connectivity index is 2.48. The van der Waals surface area contributed by atoms with Crippen LogP contribution in [0.3, 0.4) is 0 Å². The summed E-state index contributed by atoms with van der Waals surface area (Å²) >= 11 is 5.01. The molecule has 2 rings (SSSR count). The molecule has 59 valence electrons. The quantitative estimate of drug-likeness (QED) is 0.743. The first-order valence-corrected chi connectivity index (χ1v) is 5.10. The molecule has 0 N–H and O–H groups in total. The molecule has 1 aromatic carbocycles. The highest BCUT2D eigenvalue weighted by molar-refractivity contribution is 9.10. The van der Waals surface area contributed by atoms with E-state index in [1.54, 1.807) is 11.3 Å². The van der Waals surface area contributed by atoms with Crippen LogP contribution in [0.1, 0.15) is 0 Å². The molecular weight excluding hydrogens is 234 g/mol. The average Bonchev–Trinajstić information content (AvgIpc) is 2.56. The number of halogens is 1. The van der Waals surface area contributed by atoms with Crippen LogP contribution in [0.4, 0.5) is 0 Å². The molecule has 12 heavy (non-hydrogen) atoms. The largest absolute Gasteiger partial charge is 0.245 e. The SMILES string of the molecule is Brc1[c]ccc(-c2nccs2)c1. The highest BCUT2D eigenvalue weighted by Gasteiger charge is 1.99. The van der Waals surface area contributed by atoms with Crippen LogP contribution in [0, 0.1) is 6.07 Å². The smallest absolute Gasteiger partial charge is 0.123 e. The fourth-order valence-corrected chi connectivity index (χ4v) is 1.95. The van der Waals surface area contributed by atoms with Crippen LogP contribution in [0.15, 0.2) is 34.2 Å². The summed E-state index contributed by atoms with van der Waals surface area (Å²) in [5.74, 6) is 0. The molecule has 0 fully saturated rings. The fraction of sp³-hybridized carbons (Fsp3) is 0. The summed E-state index contributed by atoms with van der Waals surface area (Å²) in [5.41, 5.74) is 1.13. The lowest BCUT2D eigenvalue weighted by Gasteiger charge is -1.94. The molecule has 1 nitrogen and oxygen atoms in total. The second-order valence-corrected chi connectivity index (χ2v) is 4.01. The lowest BCUT2D eigenvalue weighted by atomic mass is 10.2. The molecule has 0 aliphatic carbocycles. The predicted molar refractivity (Wildman–Crippen MR) is 54.1 cm³/mol. The van der Waals surface area contributed by atoms with Crippen molar-refractivity contribution < 1.29 is 0 Å². The van der Waals surface area contributed by atoms with Gasteiger partial charge >= 0.3 is 0 Å². The molecule has 1 aromatic heterocycles. The van der Waals surface area contributed by atoms with Crippen molar-refractivity contribution in [1.82, 2.24) is 4.98 Å². The Labute approximate surface area is 83.2 Å². The molecule has 0 bridgehead atoms. The van der Waals surface area contributed by atoms with E-state index in [1.807, 2.05) is 29.8 Å². The second-order valence-electron chi connectivity index (χ2n) is 2.26. The Morgan fingerprint density at radius 2 is 2.42 bits per heavy atom. The van der Waals surface area contributed by atoms with Crippen LogP contribution in [0.2, 0.25) is 0 Å². The predicted octanol–water partition coefficient (Wildman–Crippen LogP) is 3.37. The van der Waals surface area contributed by atoms with Crippen molar-refractivity contribution >= 4 is 27.3 Å². The maximum Gasteiger partial charge on any atom is 0.123 e. The standard InChI is InChI=1S/C9H5BrNS/c10-8-3-1-2-7(6-8)9-11-4-5-12-9/h1-2,4-6H. The van der Waals surface area contributed by atoms with Gasteiger partial charge in [-0.2, -0.15) is 0 Å². The molecule has 1 radical (unpaired) electrons. The molecule has 0 aliphatic rings. The zero-order valence-corrected chi connectivity index (χ0v) is 8.52. The summed E-state index contributed by atoms with van der Waals surface area (Å²) in [6.45, 7) is 0. The van der Waals surface area contributed by atoms with Gasteiger partial charge in [-0.1, -0.05) is 28.1 Å². The maximum atomic E-state index is 4.21. The number of thiazole rings is 1. The topological polar surface area (TPSA) is 12.9 Å². The first kappa shape index (κ1) is 7.95. The van der Waals surface area contributed by atoms with Gasteiger partial charge in [-0.15, -0.1) is 11.3 Å². The van der Waals surface area contributed by atoms with Gasteiger partial charge in [0.05, 0.1) is 0 Å². The van der Waals surface area contributed by atoms with E-state index in [0.717, 1.165) is 15.0 Å². The summed E-state index contributed by atoms with van der Waals surface area (Å²) in [4.78, 5) is 4.21. The Morgan fingerprint density at radius 3 is 3.08 bits per heavy atom. The molecule has 0 atom stereocenters. The maximum absolute atomic E-state index is 4.21. The summed E-state index contributed by atoms with van der Waals surface area (Å²) < 4.78 is 0.968.